The number of ether oxygens (including phenoxy) is 3. The van der Waals surface area contributed by atoms with Crippen molar-refractivity contribution < 1.29 is 23.8 Å². The quantitative estimate of drug-likeness (QED) is 0.595. The van der Waals surface area contributed by atoms with Gasteiger partial charge in [0.15, 0.2) is 5.82 Å². The Morgan fingerprint density at radius 3 is 2.79 bits per heavy atom. The minimum absolute atomic E-state index is 0.0723. The summed E-state index contributed by atoms with van der Waals surface area (Å²) in [7, 11) is 1.36. The summed E-state index contributed by atoms with van der Waals surface area (Å²) in [6.45, 7) is 3.63. The number of aromatic nitrogens is 2. The molecule has 1 aliphatic rings. The summed E-state index contributed by atoms with van der Waals surface area (Å²) in [6.07, 6.45) is 1.75. The zero-order valence-electron chi connectivity index (χ0n) is 16.6. The van der Waals surface area contributed by atoms with Crippen molar-refractivity contribution in [3.05, 3.63) is 59.4 Å². The highest BCUT2D eigenvalue weighted by Gasteiger charge is 2.20. The minimum atomic E-state index is -0.402. The number of benzene rings is 2. The fourth-order valence-electron chi connectivity index (χ4n) is 3.38. The Morgan fingerprint density at radius 2 is 2.00 bits per heavy atom. The number of nitrogens with zero attached hydrogens (tertiary/aromatic N) is 2. The number of rotatable bonds is 6. The van der Waals surface area contributed by atoms with Crippen molar-refractivity contribution in [3.63, 3.8) is 0 Å². The second kappa shape index (κ2) is 8.53. The van der Waals surface area contributed by atoms with E-state index in [4.69, 9.17) is 24.0 Å². The van der Waals surface area contributed by atoms with Gasteiger partial charge in [-0.2, -0.15) is 4.73 Å². The highest BCUT2D eigenvalue weighted by molar-refractivity contribution is 5.89. The Morgan fingerprint density at radius 1 is 1.21 bits per heavy atom. The summed E-state index contributed by atoms with van der Waals surface area (Å²) < 4.78 is 17.9. The zero-order valence-corrected chi connectivity index (χ0v) is 16.6. The van der Waals surface area contributed by atoms with Crippen molar-refractivity contribution >= 4 is 17.0 Å². The maximum Gasteiger partial charge on any atom is 0.337 e. The van der Waals surface area contributed by atoms with Gasteiger partial charge in [0.25, 0.3) is 0 Å². The summed E-state index contributed by atoms with van der Waals surface area (Å²) >= 11 is 0. The number of carbonyl (C=O) groups is 1. The minimum Gasteiger partial charge on any atom is -0.486 e. The number of aryl methyl sites for hydroxylation is 1. The molecular formula is C22H24N2O5. The number of fused-ring (bicyclic) bond motifs is 1. The Labute approximate surface area is 169 Å². The van der Waals surface area contributed by atoms with Gasteiger partial charge >= 0.3 is 5.97 Å². The van der Waals surface area contributed by atoms with Gasteiger partial charge in [-0.15, -0.1) is 0 Å². The van der Waals surface area contributed by atoms with Gasteiger partial charge in [0.1, 0.15) is 24.0 Å². The average Bonchev–Trinajstić information content (AvgIpc) is 3.11. The van der Waals surface area contributed by atoms with Crippen LogP contribution in [0.5, 0.6) is 5.75 Å². The first kappa shape index (κ1) is 19.3. The van der Waals surface area contributed by atoms with Crippen molar-refractivity contribution in [2.24, 2.45) is 0 Å². The molecule has 7 heteroatoms. The molecular weight excluding hydrogens is 372 g/mol. The monoisotopic (exact) mass is 396 g/mol. The van der Waals surface area contributed by atoms with Crippen LogP contribution in [0.15, 0.2) is 42.5 Å². The second-order valence-electron chi connectivity index (χ2n) is 6.99. The molecule has 7 nitrogen and oxygen atoms in total. The number of carbonyl (C=O) groups excluding carboxylic acids is 1. The highest BCUT2D eigenvalue weighted by atomic mass is 16.7. The van der Waals surface area contributed by atoms with Crippen LogP contribution in [0.3, 0.4) is 0 Å². The number of methoxy groups -OCH3 is 1. The second-order valence-corrected chi connectivity index (χ2v) is 6.99. The Kier molecular flexibility index (Phi) is 5.67. The van der Waals surface area contributed by atoms with E-state index in [2.05, 4.69) is 0 Å². The van der Waals surface area contributed by atoms with Gasteiger partial charge in [0.2, 0.25) is 0 Å². The van der Waals surface area contributed by atoms with E-state index in [9.17, 15) is 4.79 Å². The smallest absolute Gasteiger partial charge is 0.337 e. The first-order chi connectivity index (χ1) is 14.2. The van der Waals surface area contributed by atoms with Crippen LogP contribution in [0.2, 0.25) is 0 Å². The summed E-state index contributed by atoms with van der Waals surface area (Å²) in [6, 6.07) is 12.9. The van der Waals surface area contributed by atoms with Crippen LogP contribution < -0.4 is 9.57 Å². The van der Waals surface area contributed by atoms with Crippen LogP contribution in [-0.4, -0.2) is 42.1 Å². The normalized spacial score (nSPS) is 14.7. The van der Waals surface area contributed by atoms with Crippen molar-refractivity contribution in [2.75, 3.05) is 20.3 Å². The van der Waals surface area contributed by atoms with Crippen LogP contribution in [-0.2, 0) is 16.1 Å². The van der Waals surface area contributed by atoms with E-state index in [0.29, 0.717) is 30.4 Å². The van der Waals surface area contributed by atoms with Crippen molar-refractivity contribution in [2.45, 2.75) is 32.5 Å². The molecule has 0 aliphatic carbocycles. The molecule has 2 aromatic carbocycles. The van der Waals surface area contributed by atoms with E-state index in [1.807, 2.05) is 25.1 Å². The lowest BCUT2D eigenvalue weighted by Gasteiger charge is -2.24. The van der Waals surface area contributed by atoms with Crippen LogP contribution in [0, 0.1) is 6.92 Å². The molecule has 0 amide bonds. The van der Waals surface area contributed by atoms with Crippen LogP contribution in [0.4, 0.5) is 0 Å². The predicted octanol–water partition coefficient (Wildman–Crippen LogP) is 3.32. The molecule has 0 atom stereocenters. The van der Waals surface area contributed by atoms with E-state index >= 15 is 0 Å². The fourth-order valence-corrected chi connectivity index (χ4v) is 3.38. The molecule has 0 bridgehead atoms. The molecule has 152 valence electrons. The third-order valence-electron chi connectivity index (χ3n) is 4.96. The van der Waals surface area contributed by atoms with Gasteiger partial charge in [0, 0.05) is 12.8 Å². The molecule has 0 spiro atoms. The molecule has 2 heterocycles. The lowest BCUT2D eigenvalue weighted by Crippen LogP contribution is -2.32. The summed E-state index contributed by atoms with van der Waals surface area (Å²) in [4.78, 5) is 22.8. The third kappa shape index (κ3) is 4.19. The van der Waals surface area contributed by atoms with E-state index in [1.54, 1.807) is 29.0 Å². The molecule has 0 N–H and O–H groups in total. The summed E-state index contributed by atoms with van der Waals surface area (Å²) in [5, 5.41) is 0. The van der Waals surface area contributed by atoms with Gasteiger partial charge < -0.3 is 19.0 Å². The van der Waals surface area contributed by atoms with Crippen molar-refractivity contribution in [1.29, 1.82) is 0 Å². The van der Waals surface area contributed by atoms with Gasteiger partial charge in [-0.3, -0.25) is 0 Å². The molecule has 1 saturated heterocycles. The van der Waals surface area contributed by atoms with Gasteiger partial charge in [-0.25, -0.2) is 9.78 Å². The average molecular weight is 396 g/mol. The van der Waals surface area contributed by atoms with Crippen molar-refractivity contribution in [3.8, 4) is 5.75 Å². The molecule has 4 rings (SSSR count). The van der Waals surface area contributed by atoms with Gasteiger partial charge in [-0.05, 0) is 36.8 Å². The number of imidazole rings is 1. The van der Waals surface area contributed by atoms with E-state index in [1.165, 1.54) is 7.11 Å². The lowest BCUT2D eigenvalue weighted by atomic mass is 10.2. The van der Waals surface area contributed by atoms with Gasteiger partial charge in [0.05, 0.1) is 31.4 Å². The zero-order chi connectivity index (χ0) is 20.2. The number of esters is 1. The number of para-hydroxylation sites is 1. The van der Waals surface area contributed by atoms with Gasteiger partial charge in [-0.1, -0.05) is 18.2 Å². The number of hydrogen-bond acceptors (Lipinski definition) is 6. The molecule has 0 unspecified atom stereocenters. The fraction of sp³-hybridized carbons (Fsp3) is 0.364. The van der Waals surface area contributed by atoms with Crippen molar-refractivity contribution in [1.82, 2.24) is 9.71 Å². The molecule has 0 saturated carbocycles. The first-order valence-corrected chi connectivity index (χ1v) is 9.68. The summed E-state index contributed by atoms with van der Waals surface area (Å²) in [5.41, 5.74) is 3.32. The Hall–Kier alpha value is -3.06. The highest BCUT2D eigenvalue weighted by Crippen LogP contribution is 2.22. The van der Waals surface area contributed by atoms with Crippen LogP contribution in [0.1, 0.15) is 34.6 Å². The van der Waals surface area contributed by atoms with E-state index in [-0.39, 0.29) is 12.7 Å². The standard InChI is InChI=1S/C22H24N2O5/c1-15-5-3-8-19-21(15)23-20(24(19)29-17-9-11-27-12-10-17)14-28-18-7-4-6-16(13-18)22(25)26-2/h3-8,13,17H,9-12,14H2,1-2H3. The topological polar surface area (TPSA) is 71.8 Å². The third-order valence-corrected chi connectivity index (χ3v) is 4.96. The summed E-state index contributed by atoms with van der Waals surface area (Å²) in [5.74, 6) is 0.833. The maximum atomic E-state index is 11.7. The maximum absolute atomic E-state index is 11.7. The lowest BCUT2D eigenvalue weighted by molar-refractivity contribution is -0.0387. The van der Waals surface area contributed by atoms with Crippen LogP contribution in [0.25, 0.3) is 11.0 Å². The number of hydrogen-bond donors (Lipinski definition) is 0. The first-order valence-electron chi connectivity index (χ1n) is 9.68. The molecule has 1 fully saturated rings. The van der Waals surface area contributed by atoms with E-state index < -0.39 is 5.97 Å². The Balaban J connectivity index is 1.60. The molecule has 1 aromatic heterocycles. The van der Waals surface area contributed by atoms with Crippen LogP contribution >= 0.6 is 0 Å². The van der Waals surface area contributed by atoms with E-state index in [0.717, 1.165) is 29.4 Å². The molecule has 29 heavy (non-hydrogen) atoms. The molecule has 3 aromatic rings. The predicted molar refractivity (Wildman–Crippen MR) is 107 cm³/mol. The molecule has 1 aliphatic heterocycles. The largest absolute Gasteiger partial charge is 0.486 e. The SMILES string of the molecule is COC(=O)c1cccc(OCc2nc3c(C)cccc3n2OC2CCOCC2)c1. The Bertz CT molecular complexity index is 1010. The molecule has 0 radical (unpaired) electrons.